The molecule has 5 nitrogen and oxygen atoms in total. The summed E-state index contributed by atoms with van der Waals surface area (Å²) in [5, 5.41) is 4.03. The number of methoxy groups -OCH3 is 1. The molecule has 124 valence electrons. The van der Waals surface area contributed by atoms with Gasteiger partial charge in [0.05, 0.1) is 6.61 Å². The number of amides is 1. The van der Waals surface area contributed by atoms with Gasteiger partial charge in [-0.05, 0) is 48.4 Å². The Bertz CT molecular complexity index is 812. The first-order valence-electron chi connectivity index (χ1n) is 8.03. The molecule has 0 unspecified atom stereocenters. The van der Waals surface area contributed by atoms with Gasteiger partial charge in [-0.15, -0.1) is 0 Å². The number of aromatic nitrogens is 2. The maximum atomic E-state index is 12.3. The quantitative estimate of drug-likeness (QED) is 0.727. The topological polar surface area (TPSA) is 56.1 Å². The Balaban J connectivity index is 1.62. The van der Waals surface area contributed by atoms with Gasteiger partial charge in [0.15, 0.2) is 0 Å². The van der Waals surface area contributed by atoms with Crippen LogP contribution in [0.1, 0.15) is 15.9 Å². The van der Waals surface area contributed by atoms with E-state index in [-0.39, 0.29) is 5.91 Å². The molecule has 2 aromatic heterocycles. The molecular formula is C19H21N3O2. The van der Waals surface area contributed by atoms with Gasteiger partial charge < -0.3 is 14.6 Å². The van der Waals surface area contributed by atoms with E-state index in [4.69, 9.17) is 4.74 Å². The van der Waals surface area contributed by atoms with E-state index < -0.39 is 0 Å². The summed E-state index contributed by atoms with van der Waals surface area (Å²) >= 11 is 0. The van der Waals surface area contributed by atoms with Crippen LogP contribution in [0.25, 0.3) is 10.9 Å². The van der Waals surface area contributed by atoms with Gasteiger partial charge in [-0.25, -0.2) is 0 Å². The fourth-order valence-electron chi connectivity index (χ4n) is 2.70. The number of rotatable bonds is 7. The van der Waals surface area contributed by atoms with Crippen LogP contribution >= 0.6 is 0 Å². The molecule has 3 rings (SSSR count). The van der Waals surface area contributed by atoms with Crippen LogP contribution in [-0.2, 0) is 17.7 Å². The third kappa shape index (κ3) is 3.81. The predicted octanol–water partition coefficient (Wildman–Crippen LogP) is 2.66. The summed E-state index contributed by atoms with van der Waals surface area (Å²) in [6.07, 6.45) is 6.34. The van der Waals surface area contributed by atoms with Crippen molar-refractivity contribution in [2.24, 2.45) is 0 Å². The molecule has 1 N–H and O–H groups in total. The van der Waals surface area contributed by atoms with E-state index in [2.05, 4.69) is 14.9 Å². The second-order valence-electron chi connectivity index (χ2n) is 5.64. The van der Waals surface area contributed by atoms with Crippen LogP contribution in [0.5, 0.6) is 0 Å². The number of fused-ring (bicyclic) bond motifs is 1. The molecule has 0 atom stereocenters. The van der Waals surface area contributed by atoms with E-state index in [0.717, 1.165) is 29.4 Å². The SMILES string of the molecule is COCCn1ccc2cc(C(=O)NCCc3ccncc3)ccc21. The summed E-state index contributed by atoms with van der Waals surface area (Å²) in [6.45, 7) is 2.08. The van der Waals surface area contributed by atoms with Crippen LogP contribution in [-0.4, -0.2) is 35.7 Å². The van der Waals surface area contributed by atoms with Crippen molar-refractivity contribution in [2.45, 2.75) is 13.0 Å². The highest BCUT2D eigenvalue weighted by molar-refractivity contribution is 5.98. The smallest absolute Gasteiger partial charge is 0.251 e. The Morgan fingerprint density at radius 2 is 2.04 bits per heavy atom. The second-order valence-corrected chi connectivity index (χ2v) is 5.64. The fourth-order valence-corrected chi connectivity index (χ4v) is 2.70. The summed E-state index contributed by atoms with van der Waals surface area (Å²) in [4.78, 5) is 16.3. The van der Waals surface area contributed by atoms with E-state index in [0.29, 0.717) is 18.7 Å². The van der Waals surface area contributed by atoms with Crippen LogP contribution in [0.15, 0.2) is 55.0 Å². The van der Waals surface area contributed by atoms with E-state index >= 15 is 0 Å². The lowest BCUT2D eigenvalue weighted by Gasteiger charge is -2.07. The number of nitrogens with one attached hydrogen (secondary N) is 1. The third-order valence-corrected chi connectivity index (χ3v) is 4.02. The van der Waals surface area contributed by atoms with Crippen molar-refractivity contribution in [1.29, 1.82) is 0 Å². The molecule has 0 aliphatic heterocycles. The Morgan fingerprint density at radius 3 is 2.83 bits per heavy atom. The van der Waals surface area contributed by atoms with Gasteiger partial charge in [-0.1, -0.05) is 0 Å². The number of hydrogen-bond donors (Lipinski definition) is 1. The maximum Gasteiger partial charge on any atom is 0.251 e. The average Bonchev–Trinajstić information content (AvgIpc) is 3.03. The number of benzene rings is 1. The van der Waals surface area contributed by atoms with E-state index in [1.54, 1.807) is 19.5 Å². The van der Waals surface area contributed by atoms with Crippen molar-refractivity contribution in [3.8, 4) is 0 Å². The number of ether oxygens (including phenoxy) is 1. The molecule has 0 aliphatic rings. The molecule has 1 aromatic carbocycles. The molecule has 24 heavy (non-hydrogen) atoms. The number of carbonyl (C=O) groups excluding carboxylic acids is 1. The van der Waals surface area contributed by atoms with Crippen molar-refractivity contribution < 1.29 is 9.53 Å². The van der Waals surface area contributed by atoms with Crippen LogP contribution < -0.4 is 5.32 Å². The summed E-state index contributed by atoms with van der Waals surface area (Å²) in [5.74, 6) is -0.0457. The first-order valence-corrected chi connectivity index (χ1v) is 8.03. The molecule has 0 spiro atoms. The van der Waals surface area contributed by atoms with Gasteiger partial charge in [0.1, 0.15) is 0 Å². The number of hydrogen-bond acceptors (Lipinski definition) is 3. The van der Waals surface area contributed by atoms with E-state index in [1.807, 2.05) is 42.6 Å². The lowest BCUT2D eigenvalue weighted by molar-refractivity contribution is 0.0954. The van der Waals surface area contributed by atoms with E-state index in [9.17, 15) is 4.79 Å². The van der Waals surface area contributed by atoms with Gasteiger partial charge >= 0.3 is 0 Å². The summed E-state index contributed by atoms with van der Waals surface area (Å²) in [7, 11) is 1.69. The van der Waals surface area contributed by atoms with Crippen LogP contribution in [0.2, 0.25) is 0 Å². The minimum Gasteiger partial charge on any atom is -0.383 e. The van der Waals surface area contributed by atoms with Gasteiger partial charge in [0.2, 0.25) is 0 Å². The number of nitrogens with zero attached hydrogens (tertiary/aromatic N) is 2. The van der Waals surface area contributed by atoms with Crippen molar-refractivity contribution in [3.05, 3.63) is 66.1 Å². The highest BCUT2D eigenvalue weighted by atomic mass is 16.5. The average molecular weight is 323 g/mol. The Morgan fingerprint density at radius 1 is 1.21 bits per heavy atom. The standard InChI is InChI=1S/C19H21N3O2/c1-24-13-12-22-11-7-16-14-17(2-3-18(16)22)19(23)21-10-6-15-4-8-20-9-5-15/h2-5,7-9,11,14H,6,10,12-13H2,1H3,(H,21,23). The molecule has 1 amide bonds. The van der Waals surface area contributed by atoms with Crippen LogP contribution in [0, 0.1) is 0 Å². The summed E-state index contributed by atoms with van der Waals surface area (Å²) in [5.41, 5.74) is 2.96. The molecule has 0 saturated heterocycles. The second kappa shape index (κ2) is 7.75. The zero-order chi connectivity index (χ0) is 16.8. The van der Waals surface area contributed by atoms with Crippen molar-refractivity contribution in [2.75, 3.05) is 20.3 Å². The first-order chi connectivity index (χ1) is 11.8. The monoisotopic (exact) mass is 323 g/mol. The normalized spacial score (nSPS) is 10.9. The zero-order valence-electron chi connectivity index (χ0n) is 13.7. The minimum atomic E-state index is -0.0457. The summed E-state index contributed by atoms with van der Waals surface area (Å²) < 4.78 is 7.25. The van der Waals surface area contributed by atoms with Crippen molar-refractivity contribution >= 4 is 16.8 Å². The molecule has 0 aliphatic carbocycles. The largest absolute Gasteiger partial charge is 0.383 e. The molecule has 2 heterocycles. The van der Waals surface area contributed by atoms with Gasteiger partial charge in [-0.3, -0.25) is 9.78 Å². The zero-order valence-corrected chi connectivity index (χ0v) is 13.7. The Kier molecular flexibility index (Phi) is 5.23. The van der Waals surface area contributed by atoms with Gasteiger partial charge in [0.25, 0.3) is 5.91 Å². The fraction of sp³-hybridized carbons (Fsp3) is 0.263. The molecule has 0 radical (unpaired) electrons. The Hall–Kier alpha value is -2.66. The number of carbonyl (C=O) groups is 1. The number of pyridine rings is 1. The van der Waals surface area contributed by atoms with Crippen LogP contribution in [0.3, 0.4) is 0 Å². The molecular weight excluding hydrogens is 302 g/mol. The molecule has 0 bridgehead atoms. The highest BCUT2D eigenvalue weighted by Crippen LogP contribution is 2.17. The minimum absolute atomic E-state index is 0.0457. The first kappa shape index (κ1) is 16.2. The van der Waals surface area contributed by atoms with Crippen molar-refractivity contribution in [3.63, 3.8) is 0 Å². The van der Waals surface area contributed by atoms with Crippen LogP contribution in [0.4, 0.5) is 0 Å². The third-order valence-electron chi connectivity index (χ3n) is 4.02. The highest BCUT2D eigenvalue weighted by Gasteiger charge is 2.08. The summed E-state index contributed by atoms with van der Waals surface area (Å²) in [6, 6.07) is 11.7. The predicted molar refractivity (Wildman–Crippen MR) is 94.1 cm³/mol. The maximum absolute atomic E-state index is 12.3. The lowest BCUT2D eigenvalue weighted by atomic mass is 10.1. The molecule has 5 heteroatoms. The van der Waals surface area contributed by atoms with Gasteiger partial charge in [0, 0.05) is 55.3 Å². The van der Waals surface area contributed by atoms with Crippen molar-refractivity contribution in [1.82, 2.24) is 14.9 Å². The molecule has 0 fully saturated rings. The Labute approximate surface area is 141 Å². The van der Waals surface area contributed by atoms with E-state index in [1.165, 1.54) is 0 Å². The lowest BCUT2D eigenvalue weighted by Crippen LogP contribution is -2.25. The molecule has 3 aromatic rings. The molecule has 0 saturated carbocycles. The van der Waals surface area contributed by atoms with Gasteiger partial charge in [-0.2, -0.15) is 0 Å².